The topological polar surface area (TPSA) is 29.5 Å². The molecule has 0 bridgehead atoms. The number of carbonyl (C=O) groups excluding carboxylic acids is 1. The lowest BCUT2D eigenvalue weighted by atomic mass is 10.0. The molecule has 3 nitrogen and oxygen atoms in total. The summed E-state index contributed by atoms with van der Waals surface area (Å²) < 4.78 is 19.9. The van der Waals surface area contributed by atoms with Crippen molar-refractivity contribution in [2.45, 2.75) is 32.2 Å². The Kier molecular flexibility index (Phi) is 5.54. The van der Waals surface area contributed by atoms with Crippen LogP contribution in [0.1, 0.15) is 37.8 Å². The van der Waals surface area contributed by atoms with Crippen molar-refractivity contribution in [3.05, 3.63) is 34.1 Å². The first-order valence-corrected chi connectivity index (χ1v) is 7.75. The van der Waals surface area contributed by atoms with E-state index in [1.165, 1.54) is 6.07 Å². The van der Waals surface area contributed by atoms with Gasteiger partial charge in [0.15, 0.2) is 0 Å². The maximum absolute atomic E-state index is 14.2. The molecule has 1 unspecified atom stereocenters. The summed E-state index contributed by atoms with van der Waals surface area (Å²) in [5, 5.41) is 0. The Morgan fingerprint density at radius 3 is 2.75 bits per heavy atom. The molecule has 0 amide bonds. The average molecular weight is 344 g/mol. The zero-order chi connectivity index (χ0) is 14.5. The summed E-state index contributed by atoms with van der Waals surface area (Å²) in [6.45, 7) is 3.94. The van der Waals surface area contributed by atoms with Crippen LogP contribution >= 0.6 is 15.9 Å². The fourth-order valence-electron chi connectivity index (χ4n) is 2.64. The third-order valence-electron chi connectivity index (χ3n) is 3.57. The van der Waals surface area contributed by atoms with Gasteiger partial charge in [0, 0.05) is 16.1 Å². The van der Waals surface area contributed by atoms with Crippen molar-refractivity contribution in [1.82, 2.24) is 4.90 Å². The Morgan fingerprint density at radius 1 is 1.45 bits per heavy atom. The van der Waals surface area contributed by atoms with Crippen molar-refractivity contribution in [3.8, 4) is 0 Å². The van der Waals surface area contributed by atoms with Gasteiger partial charge in [-0.05, 0) is 45.0 Å². The highest BCUT2D eigenvalue weighted by Gasteiger charge is 2.28. The number of rotatable bonds is 5. The van der Waals surface area contributed by atoms with Gasteiger partial charge in [0.2, 0.25) is 0 Å². The number of carbonyl (C=O) groups is 1. The molecular formula is C15H19BrFNO2. The first kappa shape index (κ1) is 15.4. The highest BCUT2D eigenvalue weighted by Crippen LogP contribution is 2.31. The third kappa shape index (κ3) is 3.79. The lowest BCUT2D eigenvalue weighted by molar-refractivity contribution is -0.144. The molecule has 1 fully saturated rings. The molecule has 0 saturated carbocycles. The van der Waals surface area contributed by atoms with Gasteiger partial charge < -0.3 is 4.74 Å². The molecule has 0 spiro atoms. The second-order valence-electron chi connectivity index (χ2n) is 4.93. The number of ether oxygens (including phenoxy) is 1. The average Bonchev–Trinajstić information content (AvgIpc) is 2.90. The molecule has 5 heteroatoms. The van der Waals surface area contributed by atoms with Crippen molar-refractivity contribution < 1.29 is 13.9 Å². The summed E-state index contributed by atoms with van der Waals surface area (Å²) in [6, 6.07) is 4.78. The van der Waals surface area contributed by atoms with Crippen LogP contribution in [0.15, 0.2) is 22.7 Å². The molecule has 2 rings (SSSR count). The molecule has 1 saturated heterocycles. The zero-order valence-electron chi connectivity index (χ0n) is 11.6. The second-order valence-corrected chi connectivity index (χ2v) is 5.85. The zero-order valence-corrected chi connectivity index (χ0v) is 13.2. The normalized spacial score (nSPS) is 17.1. The van der Waals surface area contributed by atoms with Gasteiger partial charge in [0.05, 0.1) is 13.0 Å². The van der Waals surface area contributed by atoms with Gasteiger partial charge in [-0.1, -0.05) is 22.0 Å². The van der Waals surface area contributed by atoms with E-state index < -0.39 is 0 Å². The number of hydrogen-bond donors (Lipinski definition) is 0. The molecule has 0 aliphatic carbocycles. The Balaban J connectivity index is 2.22. The van der Waals surface area contributed by atoms with Crippen molar-refractivity contribution in [1.29, 1.82) is 0 Å². The summed E-state index contributed by atoms with van der Waals surface area (Å²) in [5.41, 5.74) is 0.572. The predicted octanol–water partition coefficient (Wildman–Crippen LogP) is 3.68. The van der Waals surface area contributed by atoms with Gasteiger partial charge in [0.1, 0.15) is 5.82 Å². The summed E-state index contributed by atoms with van der Waals surface area (Å²) in [5.74, 6) is -0.549. The highest BCUT2D eigenvalue weighted by molar-refractivity contribution is 9.10. The lowest BCUT2D eigenvalue weighted by Crippen LogP contribution is -2.29. The molecule has 1 aromatic carbocycles. The van der Waals surface area contributed by atoms with Crippen LogP contribution in [0, 0.1) is 5.82 Å². The molecule has 1 atom stereocenters. The maximum atomic E-state index is 14.2. The largest absolute Gasteiger partial charge is 0.466 e. The smallest absolute Gasteiger partial charge is 0.307 e. The van der Waals surface area contributed by atoms with E-state index >= 15 is 0 Å². The van der Waals surface area contributed by atoms with E-state index in [-0.39, 0.29) is 24.2 Å². The molecule has 0 N–H and O–H groups in total. The minimum absolute atomic E-state index is 0.201. The molecule has 110 valence electrons. The van der Waals surface area contributed by atoms with Crippen LogP contribution < -0.4 is 0 Å². The molecule has 1 aliphatic rings. The van der Waals surface area contributed by atoms with Gasteiger partial charge in [-0.25, -0.2) is 4.39 Å². The van der Waals surface area contributed by atoms with Crippen molar-refractivity contribution in [2.75, 3.05) is 19.7 Å². The van der Waals surface area contributed by atoms with E-state index in [1.807, 2.05) is 6.07 Å². The predicted molar refractivity (Wildman–Crippen MR) is 78.9 cm³/mol. The van der Waals surface area contributed by atoms with Crippen LogP contribution in [0.4, 0.5) is 4.39 Å². The minimum atomic E-state index is -0.277. The Labute approximate surface area is 127 Å². The van der Waals surface area contributed by atoms with Crippen molar-refractivity contribution in [2.24, 2.45) is 0 Å². The van der Waals surface area contributed by atoms with E-state index in [0.717, 1.165) is 25.9 Å². The fraction of sp³-hybridized carbons (Fsp3) is 0.533. The molecule has 20 heavy (non-hydrogen) atoms. The van der Waals surface area contributed by atoms with Gasteiger partial charge >= 0.3 is 5.97 Å². The van der Waals surface area contributed by atoms with Crippen LogP contribution in [-0.2, 0) is 9.53 Å². The van der Waals surface area contributed by atoms with Gasteiger partial charge in [-0.2, -0.15) is 0 Å². The number of benzene rings is 1. The highest BCUT2D eigenvalue weighted by atomic mass is 79.9. The summed E-state index contributed by atoms with van der Waals surface area (Å²) >= 11 is 3.26. The molecular weight excluding hydrogens is 325 g/mol. The van der Waals surface area contributed by atoms with E-state index in [2.05, 4.69) is 20.8 Å². The summed E-state index contributed by atoms with van der Waals surface area (Å²) in [6.07, 6.45) is 2.39. The fourth-order valence-corrected chi connectivity index (χ4v) is 2.97. The molecule has 1 heterocycles. The molecule has 1 aliphatic heterocycles. The molecule has 1 aromatic rings. The van der Waals surface area contributed by atoms with Gasteiger partial charge in [0.25, 0.3) is 0 Å². The number of esters is 1. The Bertz CT molecular complexity index is 475. The van der Waals surface area contributed by atoms with Crippen LogP contribution in [0.25, 0.3) is 0 Å². The van der Waals surface area contributed by atoms with E-state index in [0.29, 0.717) is 16.6 Å². The van der Waals surface area contributed by atoms with Crippen molar-refractivity contribution >= 4 is 21.9 Å². The second kappa shape index (κ2) is 7.18. The lowest BCUT2D eigenvalue weighted by Gasteiger charge is -2.27. The van der Waals surface area contributed by atoms with E-state index in [4.69, 9.17) is 4.74 Å². The van der Waals surface area contributed by atoms with Crippen LogP contribution in [0.5, 0.6) is 0 Å². The van der Waals surface area contributed by atoms with Gasteiger partial charge in [-0.15, -0.1) is 0 Å². The number of nitrogens with zero attached hydrogens (tertiary/aromatic N) is 1. The quantitative estimate of drug-likeness (QED) is 0.764. The summed E-state index contributed by atoms with van der Waals surface area (Å²) in [7, 11) is 0. The Morgan fingerprint density at radius 2 is 2.15 bits per heavy atom. The molecule has 0 aromatic heterocycles. The first-order valence-electron chi connectivity index (χ1n) is 6.96. The monoisotopic (exact) mass is 343 g/mol. The maximum Gasteiger partial charge on any atom is 0.307 e. The number of hydrogen-bond acceptors (Lipinski definition) is 3. The molecule has 0 radical (unpaired) electrons. The minimum Gasteiger partial charge on any atom is -0.466 e. The van der Waals surface area contributed by atoms with E-state index in [9.17, 15) is 9.18 Å². The Hall–Kier alpha value is -0.940. The third-order valence-corrected chi connectivity index (χ3v) is 4.06. The summed E-state index contributed by atoms with van der Waals surface area (Å²) in [4.78, 5) is 14.0. The van der Waals surface area contributed by atoms with Crippen molar-refractivity contribution in [3.63, 3.8) is 0 Å². The van der Waals surface area contributed by atoms with Crippen LogP contribution in [0.2, 0.25) is 0 Å². The van der Waals surface area contributed by atoms with Crippen LogP contribution in [-0.4, -0.2) is 30.6 Å². The SMILES string of the molecule is CCOC(=O)CC(c1ccc(Br)cc1F)N1CCCC1. The van der Waals surface area contributed by atoms with Gasteiger partial charge in [-0.3, -0.25) is 9.69 Å². The van der Waals surface area contributed by atoms with Crippen LogP contribution in [0.3, 0.4) is 0 Å². The standard InChI is InChI=1S/C15H19BrFNO2/c1-2-20-15(19)10-14(18-7-3-4-8-18)12-6-5-11(16)9-13(12)17/h5-6,9,14H,2-4,7-8,10H2,1H3. The number of likely N-dealkylation sites (tertiary alicyclic amines) is 1. The van der Waals surface area contributed by atoms with E-state index in [1.54, 1.807) is 13.0 Å². The number of halogens is 2. The first-order chi connectivity index (χ1) is 9.61.